The Morgan fingerprint density at radius 1 is 1.22 bits per heavy atom. The Hall–Kier alpha value is -2.82. The van der Waals surface area contributed by atoms with Gasteiger partial charge in [-0.25, -0.2) is 0 Å². The molecule has 0 bridgehead atoms. The highest BCUT2D eigenvalue weighted by molar-refractivity contribution is 5.93. The summed E-state index contributed by atoms with van der Waals surface area (Å²) in [6.45, 7) is 2.07. The summed E-state index contributed by atoms with van der Waals surface area (Å²) < 4.78 is 5.71. The van der Waals surface area contributed by atoms with Crippen LogP contribution < -0.4 is 10.6 Å². The van der Waals surface area contributed by atoms with Crippen molar-refractivity contribution in [3.8, 4) is 0 Å². The van der Waals surface area contributed by atoms with Gasteiger partial charge in [-0.15, -0.1) is 0 Å². The molecule has 4 rings (SSSR count). The van der Waals surface area contributed by atoms with Crippen LogP contribution in [0.2, 0.25) is 0 Å². The molecule has 0 saturated carbocycles. The van der Waals surface area contributed by atoms with Crippen LogP contribution in [0.5, 0.6) is 0 Å². The molecule has 0 radical (unpaired) electrons. The van der Waals surface area contributed by atoms with Crippen molar-refractivity contribution in [3.63, 3.8) is 0 Å². The van der Waals surface area contributed by atoms with Crippen molar-refractivity contribution in [3.05, 3.63) is 53.6 Å². The summed E-state index contributed by atoms with van der Waals surface area (Å²) >= 11 is 0. The van der Waals surface area contributed by atoms with Crippen molar-refractivity contribution in [2.45, 2.75) is 25.8 Å². The molecule has 116 valence electrons. The van der Waals surface area contributed by atoms with Crippen LogP contribution in [0.1, 0.15) is 30.5 Å². The number of fused-ring (bicyclic) bond motifs is 2. The number of rotatable bonds is 3. The third kappa shape index (κ3) is 2.65. The van der Waals surface area contributed by atoms with Crippen molar-refractivity contribution < 1.29 is 9.21 Å². The summed E-state index contributed by atoms with van der Waals surface area (Å²) in [5.41, 5.74) is 4.85. The number of aryl methyl sites for hydroxylation is 1. The largest absolute Gasteiger partial charge is 0.424 e. The molecule has 2 aromatic carbocycles. The summed E-state index contributed by atoms with van der Waals surface area (Å²) in [7, 11) is 0. The molecule has 1 aliphatic rings. The number of amides is 1. The number of oxazole rings is 1. The summed E-state index contributed by atoms with van der Waals surface area (Å²) in [5.74, 6) is 0.0860. The molecule has 1 amide bonds. The molecule has 5 nitrogen and oxygen atoms in total. The summed E-state index contributed by atoms with van der Waals surface area (Å²) in [4.78, 5) is 15.9. The van der Waals surface area contributed by atoms with Gasteiger partial charge in [-0.2, -0.15) is 4.98 Å². The standard InChI is InChI=1S/C18H17N3O2/c1-11(19-18-21-15-4-2-3-5-16(15)23-18)12-6-8-14-13(10-12)7-9-17(22)20-14/h2-6,8,10-11H,7,9H2,1H3,(H,19,21)(H,20,22). The van der Waals surface area contributed by atoms with Gasteiger partial charge in [-0.05, 0) is 42.7 Å². The molecule has 5 heteroatoms. The Bertz CT molecular complexity index is 852. The Kier molecular flexibility index (Phi) is 3.26. The van der Waals surface area contributed by atoms with Crippen LogP contribution in [-0.4, -0.2) is 10.9 Å². The zero-order valence-electron chi connectivity index (χ0n) is 12.8. The molecule has 2 N–H and O–H groups in total. The molecule has 1 atom stereocenters. The van der Waals surface area contributed by atoms with Crippen molar-refractivity contribution >= 4 is 28.7 Å². The highest BCUT2D eigenvalue weighted by Crippen LogP contribution is 2.28. The second kappa shape index (κ2) is 5.43. The van der Waals surface area contributed by atoms with Crippen molar-refractivity contribution in [1.29, 1.82) is 0 Å². The number of benzene rings is 2. The van der Waals surface area contributed by atoms with Crippen LogP contribution in [-0.2, 0) is 11.2 Å². The quantitative estimate of drug-likeness (QED) is 0.770. The Morgan fingerprint density at radius 3 is 2.96 bits per heavy atom. The normalized spacial score (nSPS) is 15.1. The molecule has 2 heterocycles. The lowest BCUT2D eigenvalue weighted by atomic mass is 9.98. The van der Waals surface area contributed by atoms with Crippen LogP contribution in [0.15, 0.2) is 46.9 Å². The third-order valence-corrected chi connectivity index (χ3v) is 4.16. The van der Waals surface area contributed by atoms with Gasteiger partial charge in [0.1, 0.15) is 5.52 Å². The first kappa shape index (κ1) is 13.8. The lowest BCUT2D eigenvalue weighted by molar-refractivity contribution is -0.116. The maximum atomic E-state index is 11.4. The fourth-order valence-electron chi connectivity index (χ4n) is 2.88. The van der Waals surface area contributed by atoms with E-state index in [1.807, 2.05) is 36.4 Å². The van der Waals surface area contributed by atoms with E-state index in [2.05, 4.69) is 28.6 Å². The topological polar surface area (TPSA) is 67.2 Å². The maximum Gasteiger partial charge on any atom is 0.296 e. The molecule has 0 spiro atoms. The Morgan fingerprint density at radius 2 is 2.09 bits per heavy atom. The van der Waals surface area contributed by atoms with Crippen LogP contribution >= 0.6 is 0 Å². The average Bonchev–Trinajstić information content (AvgIpc) is 2.96. The Balaban J connectivity index is 1.56. The number of hydrogen-bond donors (Lipinski definition) is 2. The minimum atomic E-state index is 0.0611. The maximum absolute atomic E-state index is 11.4. The number of anilines is 2. The van der Waals surface area contributed by atoms with Crippen molar-refractivity contribution in [2.75, 3.05) is 10.6 Å². The van der Waals surface area contributed by atoms with Gasteiger partial charge in [0.2, 0.25) is 5.91 Å². The van der Waals surface area contributed by atoms with Gasteiger partial charge in [0.05, 0.1) is 6.04 Å². The number of nitrogens with zero attached hydrogens (tertiary/aromatic N) is 1. The van der Waals surface area contributed by atoms with E-state index >= 15 is 0 Å². The van der Waals surface area contributed by atoms with Gasteiger partial charge >= 0.3 is 0 Å². The van der Waals surface area contributed by atoms with E-state index in [4.69, 9.17) is 4.42 Å². The van der Waals surface area contributed by atoms with Gasteiger partial charge in [-0.1, -0.05) is 24.3 Å². The van der Waals surface area contributed by atoms with Gasteiger partial charge < -0.3 is 15.1 Å². The van der Waals surface area contributed by atoms with E-state index in [1.165, 1.54) is 5.56 Å². The number of carbonyl (C=O) groups is 1. The summed E-state index contributed by atoms with van der Waals surface area (Å²) in [6.07, 6.45) is 1.33. The molecular weight excluding hydrogens is 290 g/mol. The molecule has 1 aromatic heterocycles. The first-order valence-corrected chi connectivity index (χ1v) is 7.74. The summed E-state index contributed by atoms with van der Waals surface area (Å²) in [5, 5.41) is 6.20. The minimum absolute atomic E-state index is 0.0611. The fraction of sp³-hybridized carbons (Fsp3) is 0.222. The number of aromatic nitrogens is 1. The smallest absolute Gasteiger partial charge is 0.296 e. The SMILES string of the molecule is CC(Nc1nc2ccccc2o1)c1ccc2c(c1)CCC(=O)N2. The van der Waals surface area contributed by atoms with Gasteiger partial charge in [0.25, 0.3) is 6.01 Å². The van der Waals surface area contributed by atoms with Crippen LogP contribution in [0.4, 0.5) is 11.7 Å². The predicted octanol–water partition coefficient (Wildman–Crippen LogP) is 3.89. The monoisotopic (exact) mass is 307 g/mol. The van der Waals surface area contributed by atoms with Crippen molar-refractivity contribution in [2.24, 2.45) is 0 Å². The van der Waals surface area contributed by atoms with E-state index in [1.54, 1.807) is 0 Å². The van der Waals surface area contributed by atoms with E-state index in [0.717, 1.165) is 28.8 Å². The summed E-state index contributed by atoms with van der Waals surface area (Å²) in [6, 6.07) is 14.4. The predicted molar refractivity (Wildman–Crippen MR) is 89.4 cm³/mol. The molecule has 1 aliphatic heterocycles. The second-order valence-electron chi connectivity index (χ2n) is 5.82. The van der Waals surface area contributed by atoms with Crippen LogP contribution in [0.25, 0.3) is 11.1 Å². The highest BCUT2D eigenvalue weighted by atomic mass is 16.4. The average molecular weight is 307 g/mol. The third-order valence-electron chi connectivity index (χ3n) is 4.16. The number of carbonyl (C=O) groups excluding carboxylic acids is 1. The van der Waals surface area contributed by atoms with E-state index in [0.29, 0.717) is 12.4 Å². The van der Waals surface area contributed by atoms with E-state index in [-0.39, 0.29) is 11.9 Å². The fourth-order valence-corrected chi connectivity index (χ4v) is 2.88. The number of hydrogen-bond acceptors (Lipinski definition) is 4. The lowest BCUT2D eigenvalue weighted by Gasteiger charge is -2.20. The van der Waals surface area contributed by atoms with Gasteiger partial charge in [-0.3, -0.25) is 4.79 Å². The second-order valence-corrected chi connectivity index (χ2v) is 5.82. The van der Waals surface area contributed by atoms with E-state index in [9.17, 15) is 4.79 Å². The molecule has 0 saturated heterocycles. The number of nitrogens with one attached hydrogen (secondary N) is 2. The lowest BCUT2D eigenvalue weighted by Crippen LogP contribution is -2.19. The molecular formula is C18H17N3O2. The van der Waals surface area contributed by atoms with Gasteiger partial charge in [0, 0.05) is 12.1 Å². The molecule has 0 fully saturated rings. The zero-order valence-corrected chi connectivity index (χ0v) is 12.8. The molecule has 23 heavy (non-hydrogen) atoms. The van der Waals surface area contributed by atoms with E-state index < -0.39 is 0 Å². The van der Waals surface area contributed by atoms with Gasteiger partial charge in [0.15, 0.2) is 5.58 Å². The number of para-hydroxylation sites is 2. The highest BCUT2D eigenvalue weighted by Gasteiger charge is 2.17. The molecule has 0 aliphatic carbocycles. The van der Waals surface area contributed by atoms with Crippen LogP contribution in [0, 0.1) is 0 Å². The van der Waals surface area contributed by atoms with Crippen LogP contribution in [0.3, 0.4) is 0 Å². The minimum Gasteiger partial charge on any atom is -0.424 e. The first-order chi connectivity index (χ1) is 11.2. The molecule has 1 unspecified atom stereocenters. The van der Waals surface area contributed by atoms with Crippen molar-refractivity contribution in [1.82, 2.24) is 4.98 Å². The molecule has 3 aromatic rings. The Labute approximate surface area is 133 Å². The first-order valence-electron chi connectivity index (χ1n) is 7.74. The zero-order chi connectivity index (χ0) is 15.8.